The van der Waals surface area contributed by atoms with Gasteiger partial charge in [-0.1, -0.05) is 31.4 Å². The van der Waals surface area contributed by atoms with Gasteiger partial charge in [0.2, 0.25) is 0 Å². The van der Waals surface area contributed by atoms with E-state index in [0.717, 1.165) is 31.8 Å². The van der Waals surface area contributed by atoms with Crippen molar-refractivity contribution in [2.24, 2.45) is 5.92 Å². The predicted molar refractivity (Wildman–Crippen MR) is 89.9 cm³/mol. The maximum absolute atomic E-state index is 13.8. The van der Waals surface area contributed by atoms with Crippen LogP contribution in [-0.4, -0.2) is 36.5 Å². The molecule has 1 aliphatic heterocycles. The Hall–Kier alpha value is -1.42. The van der Waals surface area contributed by atoms with Gasteiger partial charge in [0.25, 0.3) is 5.91 Å². The highest BCUT2D eigenvalue weighted by Crippen LogP contribution is 2.23. The number of hydrogen-bond acceptors (Lipinski definition) is 2. The standard InChI is InChI=1S/C19H27FN2O/c20-18-11-5-4-10-17(18)19(23)22-12-6-9-16(14-22)21-13-15-7-2-1-3-8-15/h4-5,10-11,15-16,21H,1-3,6-9,12-14H2. The van der Waals surface area contributed by atoms with Gasteiger partial charge in [-0.3, -0.25) is 4.79 Å². The zero-order valence-electron chi connectivity index (χ0n) is 13.8. The highest BCUT2D eigenvalue weighted by molar-refractivity contribution is 5.94. The highest BCUT2D eigenvalue weighted by atomic mass is 19.1. The minimum absolute atomic E-state index is 0.174. The Bertz CT molecular complexity index is 528. The van der Waals surface area contributed by atoms with Crippen LogP contribution in [0.1, 0.15) is 55.3 Å². The SMILES string of the molecule is O=C(c1ccccc1F)N1CCCC(NCC2CCCCC2)C1. The Morgan fingerprint density at radius 3 is 2.70 bits per heavy atom. The van der Waals surface area contributed by atoms with Crippen LogP contribution in [0.5, 0.6) is 0 Å². The Labute approximate surface area is 138 Å². The van der Waals surface area contributed by atoms with Crippen LogP contribution in [0.15, 0.2) is 24.3 Å². The first kappa shape index (κ1) is 16.4. The Kier molecular flexibility index (Phi) is 5.65. The molecule has 1 N–H and O–H groups in total. The summed E-state index contributed by atoms with van der Waals surface area (Å²) in [5.41, 5.74) is 0.195. The van der Waals surface area contributed by atoms with Gasteiger partial charge in [0.15, 0.2) is 0 Å². The summed E-state index contributed by atoms with van der Waals surface area (Å²) in [4.78, 5) is 14.3. The summed E-state index contributed by atoms with van der Waals surface area (Å²) >= 11 is 0. The van der Waals surface area contributed by atoms with E-state index in [-0.39, 0.29) is 11.5 Å². The maximum Gasteiger partial charge on any atom is 0.256 e. The summed E-state index contributed by atoms with van der Waals surface area (Å²) in [7, 11) is 0. The molecule has 2 aliphatic rings. The van der Waals surface area contributed by atoms with Gasteiger partial charge in [-0.05, 0) is 50.3 Å². The van der Waals surface area contributed by atoms with Crippen LogP contribution in [0.2, 0.25) is 0 Å². The molecule has 1 saturated carbocycles. The molecule has 0 spiro atoms. The van der Waals surface area contributed by atoms with Crippen molar-refractivity contribution in [1.29, 1.82) is 0 Å². The molecular weight excluding hydrogens is 291 g/mol. The van der Waals surface area contributed by atoms with E-state index in [2.05, 4.69) is 5.32 Å². The molecule has 1 unspecified atom stereocenters. The van der Waals surface area contributed by atoms with E-state index in [1.807, 2.05) is 0 Å². The van der Waals surface area contributed by atoms with Crippen LogP contribution < -0.4 is 5.32 Å². The van der Waals surface area contributed by atoms with Crippen molar-refractivity contribution in [1.82, 2.24) is 10.2 Å². The molecule has 0 bridgehead atoms. The topological polar surface area (TPSA) is 32.3 Å². The van der Waals surface area contributed by atoms with Crippen molar-refractivity contribution in [2.75, 3.05) is 19.6 Å². The number of piperidine rings is 1. The van der Waals surface area contributed by atoms with Gasteiger partial charge in [0, 0.05) is 19.1 Å². The number of benzene rings is 1. The van der Waals surface area contributed by atoms with E-state index < -0.39 is 5.82 Å². The zero-order valence-corrected chi connectivity index (χ0v) is 13.8. The zero-order chi connectivity index (χ0) is 16.1. The lowest BCUT2D eigenvalue weighted by molar-refractivity contribution is 0.0687. The first-order valence-corrected chi connectivity index (χ1v) is 9.01. The molecule has 0 aromatic heterocycles. The number of nitrogens with zero attached hydrogens (tertiary/aromatic N) is 1. The van der Waals surface area contributed by atoms with E-state index in [9.17, 15) is 9.18 Å². The summed E-state index contributed by atoms with van der Waals surface area (Å²) in [6.45, 7) is 2.49. The molecule has 2 fully saturated rings. The van der Waals surface area contributed by atoms with Crippen LogP contribution in [0, 0.1) is 11.7 Å². The fourth-order valence-electron chi connectivity index (χ4n) is 3.86. The van der Waals surface area contributed by atoms with Gasteiger partial charge >= 0.3 is 0 Å². The Balaban J connectivity index is 1.53. The number of likely N-dealkylation sites (tertiary alicyclic amines) is 1. The van der Waals surface area contributed by atoms with E-state index in [1.165, 1.54) is 38.2 Å². The molecule has 1 aromatic carbocycles. The minimum atomic E-state index is -0.421. The summed E-state index contributed by atoms with van der Waals surface area (Å²) in [5, 5.41) is 3.65. The van der Waals surface area contributed by atoms with Gasteiger partial charge in [-0.15, -0.1) is 0 Å². The quantitative estimate of drug-likeness (QED) is 0.920. The van der Waals surface area contributed by atoms with Crippen LogP contribution in [0.3, 0.4) is 0 Å². The molecule has 1 aromatic rings. The maximum atomic E-state index is 13.8. The van der Waals surface area contributed by atoms with Crippen LogP contribution in [0.4, 0.5) is 4.39 Å². The fourth-order valence-corrected chi connectivity index (χ4v) is 3.86. The molecule has 23 heavy (non-hydrogen) atoms. The third-order valence-electron chi connectivity index (χ3n) is 5.23. The first-order valence-electron chi connectivity index (χ1n) is 9.01. The van der Waals surface area contributed by atoms with Gasteiger partial charge in [-0.2, -0.15) is 0 Å². The van der Waals surface area contributed by atoms with E-state index in [0.29, 0.717) is 12.6 Å². The number of hydrogen-bond donors (Lipinski definition) is 1. The summed E-state index contributed by atoms with van der Waals surface area (Å²) < 4.78 is 13.8. The number of rotatable bonds is 4. The molecule has 1 heterocycles. The summed E-state index contributed by atoms with van der Waals surface area (Å²) in [6, 6.07) is 6.63. The monoisotopic (exact) mass is 318 g/mol. The molecule has 3 rings (SSSR count). The Morgan fingerprint density at radius 1 is 1.13 bits per heavy atom. The number of amides is 1. The third kappa shape index (κ3) is 4.31. The van der Waals surface area contributed by atoms with Crippen molar-refractivity contribution < 1.29 is 9.18 Å². The number of nitrogens with one attached hydrogen (secondary N) is 1. The molecular formula is C19H27FN2O. The van der Waals surface area contributed by atoms with Crippen LogP contribution in [0.25, 0.3) is 0 Å². The number of halogens is 1. The molecule has 3 nitrogen and oxygen atoms in total. The smallest absolute Gasteiger partial charge is 0.256 e. The Morgan fingerprint density at radius 2 is 1.91 bits per heavy atom. The second-order valence-electron chi connectivity index (χ2n) is 6.98. The minimum Gasteiger partial charge on any atom is -0.337 e. The molecule has 1 aliphatic carbocycles. The van der Waals surface area contributed by atoms with Crippen molar-refractivity contribution in [2.45, 2.75) is 51.0 Å². The lowest BCUT2D eigenvalue weighted by Gasteiger charge is -2.34. The molecule has 1 atom stereocenters. The number of carbonyl (C=O) groups is 1. The first-order chi connectivity index (χ1) is 11.2. The average molecular weight is 318 g/mol. The largest absolute Gasteiger partial charge is 0.337 e. The molecule has 126 valence electrons. The molecule has 0 radical (unpaired) electrons. The summed E-state index contributed by atoms with van der Waals surface area (Å²) in [5.74, 6) is 0.198. The van der Waals surface area contributed by atoms with Crippen molar-refractivity contribution in [3.05, 3.63) is 35.6 Å². The molecule has 1 amide bonds. The summed E-state index contributed by atoms with van der Waals surface area (Å²) in [6.07, 6.45) is 8.85. The fraction of sp³-hybridized carbons (Fsp3) is 0.632. The second kappa shape index (κ2) is 7.91. The molecule has 1 saturated heterocycles. The van der Waals surface area contributed by atoms with E-state index in [4.69, 9.17) is 0 Å². The second-order valence-corrected chi connectivity index (χ2v) is 6.98. The van der Waals surface area contributed by atoms with E-state index in [1.54, 1.807) is 23.1 Å². The normalized spacial score (nSPS) is 23.0. The van der Waals surface area contributed by atoms with Gasteiger partial charge < -0.3 is 10.2 Å². The third-order valence-corrected chi connectivity index (χ3v) is 5.23. The lowest BCUT2D eigenvalue weighted by atomic mass is 9.89. The molecule has 4 heteroatoms. The van der Waals surface area contributed by atoms with Crippen molar-refractivity contribution >= 4 is 5.91 Å². The van der Waals surface area contributed by atoms with Crippen molar-refractivity contribution in [3.63, 3.8) is 0 Å². The predicted octanol–water partition coefficient (Wildman–Crippen LogP) is 3.60. The van der Waals surface area contributed by atoms with Crippen molar-refractivity contribution in [3.8, 4) is 0 Å². The van der Waals surface area contributed by atoms with Crippen LogP contribution in [-0.2, 0) is 0 Å². The number of carbonyl (C=O) groups excluding carboxylic acids is 1. The average Bonchev–Trinajstić information content (AvgIpc) is 2.61. The highest BCUT2D eigenvalue weighted by Gasteiger charge is 2.26. The lowest BCUT2D eigenvalue weighted by Crippen LogP contribution is -2.49. The van der Waals surface area contributed by atoms with Gasteiger partial charge in [0.1, 0.15) is 5.82 Å². The van der Waals surface area contributed by atoms with Gasteiger partial charge in [0.05, 0.1) is 5.56 Å². The van der Waals surface area contributed by atoms with Gasteiger partial charge in [-0.25, -0.2) is 4.39 Å². The van der Waals surface area contributed by atoms with Crippen LogP contribution >= 0.6 is 0 Å². The van der Waals surface area contributed by atoms with E-state index >= 15 is 0 Å².